The number of ether oxygens (including phenoxy) is 2. The summed E-state index contributed by atoms with van der Waals surface area (Å²) < 4.78 is 10.7. The van der Waals surface area contributed by atoms with Crippen LogP contribution >= 0.6 is 11.8 Å². The largest absolute Gasteiger partial charge is 0.490 e. The molecule has 9 nitrogen and oxygen atoms in total. The molecule has 10 heteroatoms. The number of anilines is 1. The maximum absolute atomic E-state index is 12.8. The Kier molecular flexibility index (Phi) is 8.53. The second-order valence-electron chi connectivity index (χ2n) is 7.91. The van der Waals surface area contributed by atoms with Crippen molar-refractivity contribution in [1.29, 1.82) is 0 Å². The predicted molar refractivity (Wildman–Crippen MR) is 133 cm³/mol. The summed E-state index contributed by atoms with van der Waals surface area (Å²) in [7, 11) is 0. The highest BCUT2D eigenvalue weighted by atomic mass is 32.2. The summed E-state index contributed by atoms with van der Waals surface area (Å²) in [6.07, 6.45) is 1.51. The van der Waals surface area contributed by atoms with E-state index in [2.05, 4.69) is 19.2 Å². The van der Waals surface area contributed by atoms with Gasteiger partial charge in [0.15, 0.2) is 18.1 Å². The molecular formula is C25H26N2O7S. The molecule has 2 aromatic carbocycles. The first-order chi connectivity index (χ1) is 16.7. The Labute approximate surface area is 207 Å². The van der Waals surface area contributed by atoms with E-state index in [9.17, 15) is 19.2 Å². The molecule has 3 rings (SSSR count). The van der Waals surface area contributed by atoms with Crippen LogP contribution in [0.5, 0.6) is 11.5 Å². The van der Waals surface area contributed by atoms with Crippen LogP contribution in [0.15, 0.2) is 47.4 Å². The zero-order valence-corrected chi connectivity index (χ0v) is 20.4. The van der Waals surface area contributed by atoms with E-state index in [0.717, 1.165) is 22.2 Å². The molecule has 0 bridgehead atoms. The molecule has 1 saturated heterocycles. The molecule has 0 atom stereocenters. The number of imide groups is 1. The number of carbonyl (C=O) groups excluding carboxylic acids is 3. The van der Waals surface area contributed by atoms with Gasteiger partial charge in [-0.25, -0.2) is 4.79 Å². The number of nitrogens with zero attached hydrogens (tertiary/aromatic N) is 1. The molecule has 0 radical (unpaired) electrons. The molecule has 3 amide bonds. The van der Waals surface area contributed by atoms with Crippen molar-refractivity contribution in [2.75, 3.05) is 25.1 Å². The standard InChI is InChI=1S/C25H26N2O7S/c1-4-33-20-11-16(5-10-19(20)34-14-23(29)30)12-21-24(31)27(25(32)35-21)13-22(28)26-18-8-6-17(7-9-18)15(2)3/h5-12,15H,4,13-14H2,1-3H3,(H,26,28)(H,29,30)/b21-12+. The summed E-state index contributed by atoms with van der Waals surface area (Å²) in [5.41, 5.74) is 2.26. The summed E-state index contributed by atoms with van der Waals surface area (Å²) >= 11 is 0.736. The van der Waals surface area contributed by atoms with Crippen molar-refractivity contribution in [3.05, 3.63) is 58.5 Å². The van der Waals surface area contributed by atoms with Gasteiger partial charge >= 0.3 is 5.97 Å². The summed E-state index contributed by atoms with van der Waals surface area (Å²) in [5.74, 6) is -1.26. The number of amides is 3. The fraction of sp³-hybridized carbons (Fsp3) is 0.280. The number of thioether (sulfide) groups is 1. The van der Waals surface area contributed by atoms with Crippen molar-refractivity contribution in [2.24, 2.45) is 0 Å². The molecule has 1 aliphatic heterocycles. The second-order valence-corrected chi connectivity index (χ2v) is 8.91. The van der Waals surface area contributed by atoms with Crippen LogP contribution in [0, 0.1) is 0 Å². The second kappa shape index (κ2) is 11.6. The molecule has 0 aliphatic carbocycles. The van der Waals surface area contributed by atoms with E-state index >= 15 is 0 Å². The van der Waals surface area contributed by atoms with Crippen molar-refractivity contribution in [3.63, 3.8) is 0 Å². The van der Waals surface area contributed by atoms with Gasteiger partial charge in [-0.05, 0) is 66.1 Å². The van der Waals surface area contributed by atoms with Crippen LogP contribution in [-0.2, 0) is 14.4 Å². The Morgan fingerprint density at radius 1 is 1.09 bits per heavy atom. The van der Waals surface area contributed by atoms with Crippen LogP contribution in [0.3, 0.4) is 0 Å². The number of hydrogen-bond acceptors (Lipinski definition) is 7. The fourth-order valence-corrected chi connectivity index (χ4v) is 4.06. The lowest BCUT2D eigenvalue weighted by Crippen LogP contribution is -2.36. The monoisotopic (exact) mass is 498 g/mol. The van der Waals surface area contributed by atoms with Gasteiger partial charge < -0.3 is 19.9 Å². The predicted octanol–water partition coefficient (Wildman–Crippen LogP) is 4.35. The smallest absolute Gasteiger partial charge is 0.341 e. The van der Waals surface area contributed by atoms with Gasteiger partial charge in [0.05, 0.1) is 11.5 Å². The van der Waals surface area contributed by atoms with Crippen molar-refractivity contribution < 1.29 is 33.8 Å². The number of nitrogens with one attached hydrogen (secondary N) is 1. The minimum Gasteiger partial charge on any atom is -0.490 e. The maximum atomic E-state index is 12.8. The normalized spacial score (nSPS) is 14.5. The number of aliphatic carboxylic acids is 1. The Hall–Kier alpha value is -3.79. The Balaban J connectivity index is 1.69. The molecule has 1 aliphatic rings. The third-order valence-corrected chi connectivity index (χ3v) is 5.86. The van der Waals surface area contributed by atoms with Crippen molar-refractivity contribution in [3.8, 4) is 11.5 Å². The van der Waals surface area contributed by atoms with Crippen LogP contribution in [0.25, 0.3) is 6.08 Å². The van der Waals surface area contributed by atoms with E-state index in [1.165, 1.54) is 12.1 Å². The van der Waals surface area contributed by atoms with Crippen molar-refractivity contribution >= 4 is 46.5 Å². The van der Waals surface area contributed by atoms with Gasteiger partial charge in [-0.15, -0.1) is 0 Å². The lowest BCUT2D eigenvalue weighted by molar-refractivity contribution is -0.139. The summed E-state index contributed by atoms with van der Waals surface area (Å²) in [6.45, 7) is 5.30. The van der Waals surface area contributed by atoms with E-state index in [1.807, 2.05) is 12.1 Å². The number of benzene rings is 2. The lowest BCUT2D eigenvalue weighted by Gasteiger charge is -2.13. The van der Waals surface area contributed by atoms with E-state index < -0.39 is 36.2 Å². The summed E-state index contributed by atoms with van der Waals surface area (Å²) in [4.78, 5) is 49.5. The highest BCUT2D eigenvalue weighted by Gasteiger charge is 2.36. The van der Waals surface area contributed by atoms with Crippen LogP contribution in [-0.4, -0.2) is 52.8 Å². The van der Waals surface area contributed by atoms with Gasteiger partial charge in [0.25, 0.3) is 11.1 Å². The van der Waals surface area contributed by atoms with Gasteiger partial charge in [0.1, 0.15) is 6.54 Å². The van der Waals surface area contributed by atoms with Gasteiger partial charge in [-0.3, -0.25) is 19.3 Å². The van der Waals surface area contributed by atoms with Crippen LogP contribution in [0.4, 0.5) is 10.5 Å². The Bertz CT molecular complexity index is 1160. The van der Waals surface area contributed by atoms with E-state index in [0.29, 0.717) is 29.5 Å². The molecule has 184 valence electrons. The first kappa shape index (κ1) is 25.8. The molecule has 2 N–H and O–H groups in total. The molecule has 1 fully saturated rings. The quantitative estimate of drug-likeness (QED) is 0.464. The van der Waals surface area contributed by atoms with Crippen LogP contribution < -0.4 is 14.8 Å². The molecule has 2 aromatic rings. The first-order valence-corrected chi connectivity index (χ1v) is 11.8. The number of rotatable bonds is 10. The van der Waals surface area contributed by atoms with E-state index in [-0.39, 0.29) is 10.7 Å². The first-order valence-electron chi connectivity index (χ1n) is 10.9. The molecule has 35 heavy (non-hydrogen) atoms. The Morgan fingerprint density at radius 2 is 1.80 bits per heavy atom. The van der Waals surface area contributed by atoms with Crippen molar-refractivity contribution in [1.82, 2.24) is 4.90 Å². The van der Waals surface area contributed by atoms with Gasteiger partial charge in [-0.1, -0.05) is 32.0 Å². The van der Waals surface area contributed by atoms with Crippen molar-refractivity contribution in [2.45, 2.75) is 26.7 Å². The zero-order chi connectivity index (χ0) is 25.5. The third-order valence-electron chi connectivity index (χ3n) is 4.95. The number of carbonyl (C=O) groups is 4. The molecule has 0 aromatic heterocycles. The van der Waals surface area contributed by atoms with Gasteiger partial charge in [-0.2, -0.15) is 0 Å². The summed E-state index contributed by atoms with van der Waals surface area (Å²) in [6, 6.07) is 12.1. The van der Waals surface area contributed by atoms with Crippen LogP contribution in [0.2, 0.25) is 0 Å². The maximum Gasteiger partial charge on any atom is 0.341 e. The Morgan fingerprint density at radius 3 is 2.43 bits per heavy atom. The minimum atomic E-state index is -1.12. The SMILES string of the molecule is CCOc1cc(/C=C2/SC(=O)N(CC(=O)Nc3ccc(C(C)C)cc3)C2=O)ccc1OCC(=O)O. The highest BCUT2D eigenvalue weighted by Crippen LogP contribution is 2.34. The summed E-state index contributed by atoms with van der Waals surface area (Å²) in [5, 5.41) is 11.0. The number of carboxylic acid groups (broad SMARTS) is 1. The average Bonchev–Trinajstić information content (AvgIpc) is 3.06. The molecule has 1 heterocycles. The molecular weight excluding hydrogens is 472 g/mol. The molecule has 0 saturated carbocycles. The highest BCUT2D eigenvalue weighted by molar-refractivity contribution is 8.18. The molecule has 0 unspecified atom stereocenters. The zero-order valence-electron chi connectivity index (χ0n) is 19.6. The lowest BCUT2D eigenvalue weighted by atomic mass is 10.0. The van der Waals surface area contributed by atoms with Crippen LogP contribution in [0.1, 0.15) is 37.8 Å². The molecule has 0 spiro atoms. The number of carboxylic acids is 1. The number of hydrogen-bond donors (Lipinski definition) is 2. The average molecular weight is 499 g/mol. The topological polar surface area (TPSA) is 122 Å². The third kappa shape index (κ3) is 6.86. The fourth-order valence-electron chi connectivity index (χ4n) is 3.22. The van der Waals surface area contributed by atoms with E-state index in [1.54, 1.807) is 31.2 Å². The minimum absolute atomic E-state index is 0.158. The van der Waals surface area contributed by atoms with Gasteiger partial charge in [0, 0.05) is 5.69 Å². The van der Waals surface area contributed by atoms with E-state index in [4.69, 9.17) is 14.6 Å². The van der Waals surface area contributed by atoms with Gasteiger partial charge in [0.2, 0.25) is 5.91 Å².